The van der Waals surface area contributed by atoms with E-state index in [1.54, 1.807) is 0 Å². The normalized spacial score (nSPS) is 10.7. The summed E-state index contributed by atoms with van der Waals surface area (Å²) in [6.07, 6.45) is 0. The highest BCUT2D eigenvalue weighted by atomic mass is 127. The highest BCUT2D eigenvalue weighted by Gasteiger charge is 2.16. The summed E-state index contributed by atoms with van der Waals surface area (Å²) in [6.45, 7) is 6.68. The molecule has 0 saturated carbocycles. The molecule has 0 unspecified atom stereocenters. The number of halogens is 1. The molecule has 5 heteroatoms. The van der Waals surface area contributed by atoms with Gasteiger partial charge >= 0.3 is 0 Å². The van der Waals surface area contributed by atoms with Gasteiger partial charge in [0.05, 0.1) is 29.2 Å². The molecule has 0 fully saturated rings. The Balaban J connectivity index is 1.85. The molecule has 0 aliphatic rings. The van der Waals surface area contributed by atoms with Crippen LogP contribution in [0.2, 0.25) is 0 Å². The minimum Gasteiger partial charge on any atom is -0.319 e. The number of amides is 1. The van der Waals surface area contributed by atoms with Crippen molar-refractivity contribution < 1.29 is 4.79 Å². The maximum Gasteiger partial charge on any atom is 0.256 e. The lowest BCUT2D eigenvalue weighted by molar-refractivity contribution is 0.102. The molecule has 3 aromatic rings. The molecule has 0 atom stereocenters. The first-order chi connectivity index (χ1) is 12.0. The molecule has 4 nitrogen and oxygen atoms in total. The number of benzene rings is 2. The standard InChI is InChI=1S/C20H20IN3O/c1-13-7-6-8-16(11-13)12-24-15(3)19(14(2)23-24)22-20(25)17-9-4-5-10-18(17)21/h4-11H,12H2,1-3H3,(H,22,25). The summed E-state index contributed by atoms with van der Waals surface area (Å²) in [5.41, 5.74) is 5.67. The highest BCUT2D eigenvalue weighted by molar-refractivity contribution is 14.1. The molecule has 1 N–H and O–H groups in total. The third-order valence-electron chi connectivity index (χ3n) is 4.15. The molecule has 0 saturated heterocycles. The highest BCUT2D eigenvalue weighted by Crippen LogP contribution is 2.22. The van der Waals surface area contributed by atoms with Crippen molar-refractivity contribution in [1.82, 2.24) is 9.78 Å². The summed E-state index contributed by atoms with van der Waals surface area (Å²) >= 11 is 2.18. The molecule has 0 aliphatic carbocycles. The van der Waals surface area contributed by atoms with Gasteiger partial charge in [0.15, 0.2) is 0 Å². The van der Waals surface area contributed by atoms with Gasteiger partial charge in [0, 0.05) is 3.57 Å². The van der Waals surface area contributed by atoms with Crippen LogP contribution in [0.1, 0.15) is 32.9 Å². The fourth-order valence-electron chi connectivity index (χ4n) is 2.84. The van der Waals surface area contributed by atoms with Crippen LogP contribution in [0.25, 0.3) is 0 Å². The number of carbonyl (C=O) groups is 1. The Labute approximate surface area is 161 Å². The van der Waals surface area contributed by atoms with Crippen LogP contribution in [0.4, 0.5) is 5.69 Å². The largest absolute Gasteiger partial charge is 0.319 e. The van der Waals surface area contributed by atoms with Crippen molar-refractivity contribution >= 4 is 34.2 Å². The van der Waals surface area contributed by atoms with Gasteiger partial charge in [-0.15, -0.1) is 0 Å². The molecule has 0 spiro atoms. The maximum absolute atomic E-state index is 12.6. The predicted molar refractivity (Wildman–Crippen MR) is 109 cm³/mol. The molecular formula is C20H20IN3O. The fraction of sp³-hybridized carbons (Fsp3) is 0.200. The predicted octanol–water partition coefficient (Wildman–Crippen LogP) is 4.71. The number of anilines is 1. The molecule has 2 aromatic carbocycles. The lowest BCUT2D eigenvalue weighted by atomic mass is 10.1. The van der Waals surface area contributed by atoms with Gasteiger partial charge in [0.25, 0.3) is 5.91 Å². The number of nitrogens with one attached hydrogen (secondary N) is 1. The van der Waals surface area contributed by atoms with Crippen LogP contribution >= 0.6 is 22.6 Å². The van der Waals surface area contributed by atoms with Gasteiger partial charge in [-0.2, -0.15) is 5.10 Å². The summed E-state index contributed by atoms with van der Waals surface area (Å²) in [7, 11) is 0. The fourth-order valence-corrected chi connectivity index (χ4v) is 3.47. The molecule has 25 heavy (non-hydrogen) atoms. The summed E-state index contributed by atoms with van der Waals surface area (Å²) in [4.78, 5) is 12.6. The summed E-state index contributed by atoms with van der Waals surface area (Å²) in [6, 6.07) is 15.9. The zero-order chi connectivity index (χ0) is 18.0. The Hall–Kier alpha value is -2.15. The number of hydrogen-bond donors (Lipinski definition) is 1. The Morgan fingerprint density at radius 3 is 2.60 bits per heavy atom. The van der Waals surface area contributed by atoms with Crippen LogP contribution < -0.4 is 5.32 Å². The topological polar surface area (TPSA) is 46.9 Å². The molecular weight excluding hydrogens is 425 g/mol. The van der Waals surface area contributed by atoms with Crippen molar-refractivity contribution in [3.05, 3.63) is 80.2 Å². The maximum atomic E-state index is 12.6. The first-order valence-corrected chi connectivity index (χ1v) is 9.19. The van der Waals surface area contributed by atoms with Crippen molar-refractivity contribution in [3.8, 4) is 0 Å². The number of rotatable bonds is 4. The second-order valence-electron chi connectivity index (χ2n) is 6.13. The van der Waals surface area contributed by atoms with Crippen LogP contribution in [0.5, 0.6) is 0 Å². The third kappa shape index (κ3) is 3.92. The molecule has 0 radical (unpaired) electrons. The van der Waals surface area contributed by atoms with E-state index in [2.05, 4.69) is 64.2 Å². The number of nitrogens with zero attached hydrogens (tertiary/aromatic N) is 2. The minimum atomic E-state index is -0.105. The van der Waals surface area contributed by atoms with Gasteiger partial charge in [-0.3, -0.25) is 9.48 Å². The second kappa shape index (κ2) is 7.39. The monoisotopic (exact) mass is 445 g/mol. The smallest absolute Gasteiger partial charge is 0.256 e. The van der Waals surface area contributed by atoms with Crippen molar-refractivity contribution in [1.29, 1.82) is 0 Å². The number of aryl methyl sites for hydroxylation is 2. The van der Waals surface area contributed by atoms with Crippen LogP contribution in [0.15, 0.2) is 48.5 Å². The van der Waals surface area contributed by atoms with E-state index < -0.39 is 0 Å². The van der Waals surface area contributed by atoms with Crippen LogP contribution in [0.3, 0.4) is 0 Å². The van der Waals surface area contributed by atoms with Gasteiger partial charge in [0.2, 0.25) is 0 Å². The third-order valence-corrected chi connectivity index (χ3v) is 5.09. The van der Waals surface area contributed by atoms with E-state index in [1.807, 2.05) is 42.8 Å². The number of hydrogen-bond acceptors (Lipinski definition) is 2. The average Bonchev–Trinajstić information content (AvgIpc) is 2.83. The van der Waals surface area contributed by atoms with Crippen molar-refractivity contribution in [2.75, 3.05) is 5.32 Å². The van der Waals surface area contributed by atoms with Gasteiger partial charge < -0.3 is 5.32 Å². The van der Waals surface area contributed by atoms with Gasteiger partial charge in [-0.25, -0.2) is 0 Å². The Bertz CT molecular complexity index is 930. The SMILES string of the molecule is Cc1cccc(Cn2nc(C)c(NC(=O)c3ccccc3I)c2C)c1. The van der Waals surface area contributed by atoms with Crippen LogP contribution in [-0.4, -0.2) is 15.7 Å². The van der Waals surface area contributed by atoms with E-state index in [4.69, 9.17) is 0 Å². The summed E-state index contributed by atoms with van der Waals surface area (Å²) in [5, 5.41) is 7.63. The van der Waals surface area contributed by atoms with Crippen molar-refractivity contribution in [2.45, 2.75) is 27.3 Å². The molecule has 1 amide bonds. The van der Waals surface area contributed by atoms with Crippen molar-refractivity contribution in [2.24, 2.45) is 0 Å². The molecule has 0 aliphatic heterocycles. The number of carbonyl (C=O) groups excluding carboxylic acids is 1. The average molecular weight is 445 g/mol. The molecule has 1 heterocycles. The number of aromatic nitrogens is 2. The quantitative estimate of drug-likeness (QED) is 0.592. The first-order valence-electron chi connectivity index (χ1n) is 8.11. The van der Waals surface area contributed by atoms with Crippen LogP contribution in [0, 0.1) is 24.3 Å². The second-order valence-corrected chi connectivity index (χ2v) is 7.29. The van der Waals surface area contributed by atoms with E-state index in [9.17, 15) is 4.79 Å². The molecule has 1 aromatic heterocycles. The zero-order valence-electron chi connectivity index (χ0n) is 14.5. The van der Waals surface area contributed by atoms with E-state index in [1.165, 1.54) is 11.1 Å². The summed E-state index contributed by atoms with van der Waals surface area (Å²) < 4.78 is 2.87. The zero-order valence-corrected chi connectivity index (χ0v) is 16.7. The molecule has 128 valence electrons. The van der Waals surface area contributed by atoms with Gasteiger partial charge in [-0.05, 0) is 61.1 Å². The molecule has 0 bridgehead atoms. The molecule has 3 rings (SSSR count). The first kappa shape index (κ1) is 17.7. The van der Waals surface area contributed by atoms with Crippen molar-refractivity contribution in [3.63, 3.8) is 0 Å². The lowest BCUT2D eigenvalue weighted by Crippen LogP contribution is -2.14. The lowest BCUT2D eigenvalue weighted by Gasteiger charge is -2.09. The van der Waals surface area contributed by atoms with E-state index >= 15 is 0 Å². The Morgan fingerprint density at radius 1 is 1.12 bits per heavy atom. The van der Waals surface area contributed by atoms with E-state index in [-0.39, 0.29) is 5.91 Å². The Morgan fingerprint density at radius 2 is 1.88 bits per heavy atom. The van der Waals surface area contributed by atoms with Gasteiger partial charge in [0.1, 0.15) is 0 Å². The Kier molecular flexibility index (Phi) is 5.22. The summed E-state index contributed by atoms with van der Waals surface area (Å²) in [5.74, 6) is -0.105. The van der Waals surface area contributed by atoms with Gasteiger partial charge in [-0.1, -0.05) is 42.0 Å². The van der Waals surface area contributed by atoms with E-state index in [0.29, 0.717) is 12.1 Å². The van der Waals surface area contributed by atoms with Crippen LogP contribution in [-0.2, 0) is 6.54 Å². The minimum absolute atomic E-state index is 0.105. The van der Waals surface area contributed by atoms with E-state index in [0.717, 1.165) is 20.6 Å².